The van der Waals surface area contributed by atoms with Crippen molar-refractivity contribution in [3.05, 3.63) is 80.9 Å². The fraction of sp³-hybridized carbons (Fsp3) is 0.448. The topological polar surface area (TPSA) is 88.9 Å². The first kappa shape index (κ1) is 25.1. The molecule has 0 saturated heterocycles. The monoisotopic (exact) mass is 500 g/mol. The molecule has 1 saturated carbocycles. The van der Waals surface area contributed by atoms with Gasteiger partial charge in [-0.3, -0.25) is 9.69 Å². The third-order valence-corrected chi connectivity index (χ3v) is 7.60. The van der Waals surface area contributed by atoms with Gasteiger partial charge in [-0.05, 0) is 84.3 Å². The van der Waals surface area contributed by atoms with E-state index in [1.807, 2.05) is 29.8 Å². The lowest BCUT2D eigenvalue weighted by Gasteiger charge is -2.31. The van der Waals surface area contributed by atoms with Crippen molar-refractivity contribution in [2.75, 3.05) is 7.11 Å². The van der Waals surface area contributed by atoms with Crippen LogP contribution in [-0.4, -0.2) is 37.2 Å². The first-order valence-electron chi connectivity index (χ1n) is 13.2. The fourth-order valence-corrected chi connectivity index (χ4v) is 5.74. The summed E-state index contributed by atoms with van der Waals surface area (Å²) in [5.41, 5.74) is 4.99. The molecule has 2 aromatic carbocycles. The summed E-state index contributed by atoms with van der Waals surface area (Å²) >= 11 is 0. The van der Waals surface area contributed by atoms with Crippen LogP contribution in [0.25, 0.3) is 10.9 Å². The molecule has 194 valence electrons. The Kier molecular flexibility index (Phi) is 7.37. The number of benzene rings is 2. The molecule has 0 bridgehead atoms. The van der Waals surface area contributed by atoms with Crippen molar-refractivity contribution in [2.45, 2.75) is 78.0 Å². The summed E-state index contributed by atoms with van der Waals surface area (Å²) in [6.07, 6.45) is 5.46. The highest BCUT2D eigenvalue weighted by Crippen LogP contribution is 2.33. The molecule has 1 aliphatic carbocycles. The summed E-state index contributed by atoms with van der Waals surface area (Å²) in [5.74, 6) is 1.70. The van der Waals surface area contributed by atoms with Crippen molar-refractivity contribution < 1.29 is 4.74 Å². The van der Waals surface area contributed by atoms with Crippen LogP contribution in [-0.2, 0) is 13.1 Å². The predicted octanol–water partition coefficient (Wildman–Crippen LogP) is 5.41. The highest BCUT2D eigenvalue weighted by Gasteiger charge is 2.29. The Morgan fingerprint density at radius 2 is 1.86 bits per heavy atom. The van der Waals surface area contributed by atoms with Gasteiger partial charge in [-0.2, -0.15) is 0 Å². The summed E-state index contributed by atoms with van der Waals surface area (Å²) in [5, 5.41) is 14.1. The smallest absolute Gasteiger partial charge is 0.252 e. The van der Waals surface area contributed by atoms with Crippen molar-refractivity contribution in [3.63, 3.8) is 0 Å². The van der Waals surface area contributed by atoms with Gasteiger partial charge in [-0.1, -0.05) is 43.5 Å². The minimum atomic E-state index is -0.0515. The van der Waals surface area contributed by atoms with Crippen LogP contribution in [0.15, 0.2) is 47.3 Å². The summed E-state index contributed by atoms with van der Waals surface area (Å²) in [6, 6.07) is 14.7. The minimum Gasteiger partial charge on any atom is -0.497 e. The third-order valence-electron chi connectivity index (χ3n) is 7.60. The predicted molar refractivity (Wildman–Crippen MR) is 145 cm³/mol. The van der Waals surface area contributed by atoms with Gasteiger partial charge in [0.25, 0.3) is 5.56 Å². The second-order valence-electron chi connectivity index (χ2n) is 10.3. The first-order valence-corrected chi connectivity index (χ1v) is 13.2. The van der Waals surface area contributed by atoms with Gasteiger partial charge in [0, 0.05) is 18.7 Å². The standard InChI is InChI=1S/C29H36N6O2/c1-5-26(28-31-32-33-35(28)24-8-6-7-9-24)34(17-21-10-12-25(37-4)13-11-21)18-23-16-22-15-19(2)14-20(3)27(22)30-29(23)36/h10-16,24,26H,5-9,17-18H2,1-4H3,(H,30,36)/t26-/m0/s1. The number of methoxy groups -OCH3 is 1. The van der Waals surface area contributed by atoms with Crippen molar-refractivity contribution in [2.24, 2.45) is 0 Å². The lowest BCUT2D eigenvalue weighted by molar-refractivity contribution is 0.158. The molecule has 1 aliphatic rings. The molecular weight excluding hydrogens is 464 g/mol. The average Bonchev–Trinajstić information content (AvgIpc) is 3.58. The molecule has 8 nitrogen and oxygen atoms in total. The van der Waals surface area contributed by atoms with Crippen LogP contribution >= 0.6 is 0 Å². The lowest BCUT2D eigenvalue weighted by atomic mass is 10.0. The molecule has 4 aromatic rings. The summed E-state index contributed by atoms with van der Waals surface area (Å²) in [6.45, 7) is 7.43. The lowest BCUT2D eigenvalue weighted by Crippen LogP contribution is -2.32. The zero-order valence-electron chi connectivity index (χ0n) is 22.2. The van der Waals surface area contributed by atoms with Crippen molar-refractivity contribution in [1.29, 1.82) is 0 Å². The van der Waals surface area contributed by atoms with Crippen molar-refractivity contribution in [1.82, 2.24) is 30.1 Å². The van der Waals surface area contributed by atoms with Crippen molar-refractivity contribution in [3.8, 4) is 5.75 Å². The molecular formula is C29H36N6O2. The maximum absolute atomic E-state index is 13.3. The van der Waals surface area contributed by atoms with E-state index in [1.165, 1.54) is 18.4 Å². The number of rotatable bonds is 9. The number of hydrogen-bond donors (Lipinski definition) is 1. The zero-order chi connectivity index (χ0) is 25.9. The van der Waals surface area contributed by atoms with E-state index in [-0.39, 0.29) is 11.6 Å². The Hall–Kier alpha value is -3.52. The Balaban J connectivity index is 1.54. The summed E-state index contributed by atoms with van der Waals surface area (Å²) in [7, 11) is 1.67. The van der Waals surface area contributed by atoms with E-state index in [9.17, 15) is 4.79 Å². The summed E-state index contributed by atoms with van der Waals surface area (Å²) < 4.78 is 7.40. The zero-order valence-corrected chi connectivity index (χ0v) is 22.2. The Morgan fingerprint density at radius 1 is 1.11 bits per heavy atom. The van der Waals surface area contributed by atoms with Crippen LogP contribution in [0, 0.1) is 13.8 Å². The molecule has 0 spiro atoms. The van der Waals surface area contributed by atoms with E-state index in [2.05, 4.69) is 63.5 Å². The van der Waals surface area contributed by atoms with Gasteiger partial charge in [0.05, 0.1) is 24.7 Å². The Bertz CT molecular complexity index is 1420. The number of pyridine rings is 1. The van der Waals surface area contributed by atoms with Crippen LogP contribution in [0.4, 0.5) is 0 Å². The van der Waals surface area contributed by atoms with E-state index in [0.29, 0.717) is 19.1 Å². The van der Waals surface area contributed by atoms with E-state index in [4.69, 9.17) is 4.74 Å². The van der Waals surface area contributed by atoms with Gasteiger partial charge >= 0.3 is 0 Å². The number of tetrazole rings is 1. The molecule has 0 unspecified atom stereocenters. The number of hydrogen-bond acceptors (Lipinski definition) is 6. The maximum Gasteiger partial charge on any atom is 0.252 e. The number of nitrogens with one attached hydrogen (secondary N) is 1. The highest BCUT2D eigenvalue weighted by molar-refractivity contribution is 5.82. The molecule has 2 heterocycles. The minimum absolute atomic E-state index is 0.0351. The second-order valence-corrected chi connectivity index (χ2v) is 10.3. The van der Waals surface area contributed by atoms with Gasteiger partial charge in [0.15, 0.2) is 5.82 Å². The molecule has 1 N–H and O–H groups in total. The second kappa shape index (κ2) is 10.8. The highest BCUT2D eigenvalue weighted by atomic mass is 16.5. The van der Waals surface area contributed by atoms with Crippen LogP contribution in [0.5, 0.6) is 5.75 Å². The van der Waals surface area contributed by atoms with Crippen LogP contribution < -0.4 is 10.3 Å². The van der Waals surface area contributed by atoms with E-state index in [1.54, 1.807) is 7.11 Å². The molecule has 1 fully saturated rings. The normalized spacial score (nSPS) is 15.1. The molecule has 37 heavy (non-hydrogen) atoms. The first-order chi connectivity index (χ1) is 18.0. The van der Waals surface area contributed by atoms with Crippen LogP contribution in [0.1, 0.15) is 79.2 Å². The van der Waals surface area contributed by atoms with Gasteiger partial charge in [-0.25, -0.2) is 4.68 Å². The van der Waals surface area contributed by atoms with E-state index < -0.39 is 0 Å². The third kappa shape index (κ3) is 5.30. The van der Waals surface area contributed by atoms with Crippen LogP contribution in [0.3, 0.4) is 0 Å². The molecule has 0 radical (unpaired) electrons. The molecule has 0 amide bonds. The fourth-order valence-electron chi connectivity index (χ4n) is 5.74. The molecule has 0 aliphatic heterocycles. The van der Waals surface area contributed by atoms with Gasteiger partial charge < -0.3 is 9.72 Å². The summed E-state index contributed by atoms with van der Waals surface area (Å²) in [4.78, 5) is 18.7. The quantitative estimate of drug-likeness (QED) is 0.331. The van der Waals surface area contributed by atoms with Crippen LogP contribution in [0.2, 0.25) is 0 Å². The molecule has 5 rings (SSSR count). The van der Waals surface area contributed by atoms with E-state index >= 15 is 0 Å². The van der Waals surface area contributed by atoms with E-state index in [0.717, 1.165) is 58.4 Å². The Labute approximate surface area is 217 Å². The number of nitrogens with zero attached hydrogens (tertiary/aromatic N) is 5. The van der Waals surface area contributed by atoms with Crippen molar-refractivity contribution >= 4 is 10.9 Å². The number of aromatic nitrogens is 5. The van der Waals surface area contributed by atoms with Gasteiger partial charge in [0.1, 0.15) is 5.75 Å². The number of H-pyrrole nitrogens is 1. The number of ether oxygens (including phenoxy) is 1. The number of aromatic amines is 1. The maximum atomic E-state index is 13.3. The number of aryl methyl sites for hydroxylation is 2. The molecule has 2 aromatic heterocycles. The molecule has 1 atom stereocenters. The SMILES string of the molecule is CC[C@@H](c1nnnn1C1CCCC1)N(Cc1ccc(OC)cc1)Cc1cc2cc(C)cc(C)c2[nH]c1=O. The average molecular weight is 501 g/mol. The Morgan fingerprint density at radius 3 is 2.57 bits per heavy atom. The molecule has 8 heteroatoms. The van der Waals surface area contributed by atoms with Gasteiger partial charge in [0.2, 0.25) is 0 Å². The largest absolute Gasteiger partial charge is 0.497 e. The van der Waals surface area contributed by atoms with Gasteiger partial charge in [-0.15, -0.1) is 5.10 Å². The number of fused-ring (bicyclic) bond motifs is 1.